The Morgan fingerprint density at radius 2 is 2.23 bits per heavy atom. The van der Waals surface area contributed by atoms with E-state index in [-0.39, 0.29) is 6.03 Å². The van der Waals surface area contributed by atoms with Crippen molar-refractivity contribution < 1.29 is 4.79 Å². The van der Waals surface area contributed by atoms with Crippen LogP contribution in [0.4, 0.5) is 4.79 Å². The van der Waals surface area contributed by atoms with Gasteiger partial charge in [-0.1, -0.05) is 13.0 Å². The van der Waals surface area contributed by atoms with Crippen LogP contribution in [0.15, 0.2) is 12.3 Å². The number of rotatable bonds is 2. The van der Waals surface area contributed by atoms with E-state index in [4.69, 9.17) is 0 Å². The minimum absolute atomic E-state index is 0.00574. The average molecular weight is 183 g/mol. The van der Waals surface area contributed by atoms with Gasteiger partial charge in [-0.25, -0.2) is 4.79 Å². The minimum atomic E-state index is 0.00574. The largest absolute Gasteiger partial charge is 0.322 e. The van der Waals surface area contributed by atoms with Gasteiger partial charge in [-0.05, 0) is 6.42 Å². The third kappa shape index (κ3) is 3.46. The van der Waals surface area contributed by atoms with Gasteiger partial charge in [0.15, 0.2) is 0 Å². The summed E-state index contributed by atoms with van der Waals surface area (Å²) in [7, 11) is 0. The van der Waals surface area contributed by atoms with Crippen LogP contribution in [0.5, 0.6) is 0 Å². The lowest BCUT2D eigenvalue weighted by atomic mass is 10.4. The second-order valence-electron chi connectivity index (χ2n) is 3.00. The third-order valence-electron chi connectivity index (χ3n) is 1.96. The number of allylic oxidation sites excluding steroid dienone is 1. The number of urea groups is 1. The first-order valence-corrected chi connectivity index (χ1v) is 4.75. The second-order valence-corrected chi connectivity index (χ2v) is 3.00. The fraction of sp³-hybridized carbons (Fsp3) is 0.667. The second kappa shape index (κ2) is 5.59. The Balaban J connectivity index is 2.25. The monoisotopic (exact) mass is 183 g/mol. The van der Waals surface area contributed by atoms with Crippen molar-refractivity contribution in [3.63, 3.8) is 0 Å². The van der Waals surface area contributed by atoms with E-state index in [1.54, 1.807) is 6.20 Å². The predicted octanol–water partition coefficient (Wildman–Crippen LogP) is 0.525. The summed E-state index contributed by atoms with van der Waals surface area (Å²) in [6.45, 7) is 5.42. The zero-order valence-corrected chi connectivity index (χ0v) is 8.05. The summed E-state index contributed by atoms with van der Waals surface area (Å²) < 4.78 is 0. The van der Waals surface area contributed by atoms with Gasteiger partial charge in [-0.2, -0.15) is 0 Å². The van der Waals surface area contributed by atoms with Gasteiger partial charge in [0.05, 0.1) is 0 Å². The molecular weight excluding hydrogens is 166 g/mol. The van der Waals surface area contributed by atoms with Crippen LogP contribution < -0.4 is 10.6 Å². The first-order chi connectivity index (χ1) is 6.34. The van der Waals surface area contributed by atoms with Gasteiger partial charge >= 0.3 is 6.03 Å². The molecule has 13 heavy (non-hydrogen) atoms. The molecule has 0 aromatic heterocycles. The molecule has 1 aliphatic rings. The van der Waals surface area contributed by atoms with Crippen LogP contribution in [0.1, 0.15) is 13.3 Å². The van der Waals surface area contributed by atoms with Crippen molar-refractivity contribution in [1.82, 2.24) is 15.5 Å². The number of carbonyl (C=O) groups is 1. The van der Waals surface area contributed by atoms with Crippen molar-refractivity contribution in [3.8, 4) is 0 Å². The van der Waals surface area contributed by atoms with E-state index >= 15 is 0 Å². The van der Waals surface area contributed by atoms with Crippen molar-refractivity contribution in [3.05, 3.63) is 12.3 Å². The van der Waals surface area contributed by atoms with E-state index in [0.29, 0.717) is 0 Å². The van der Waals surface area contributed by atoms with Crippen LogP contribution in [0.25, 0.3) is 0 Å². The Labute approximate surface area is 79.0 Å². The smallest absolute Gasteiger partial charge is 0.321 e. The maximum Gasteiger partial charge on any atom is 0.321 e. The topological polar surface area (TPSA) is 44.4 Å². The molecular formula is C9H17N3O. The summed E-state index contributed by atoms with van der Waals surface area (Å²) in [5, 5.41) is 5.93. The highest BCUT2D eigenvalue weighted by atomic mass is 16.2. The Morgan fingerprint density at radius 1 is 1.54 bits per heavy atom. The van der Waals surface area contributed by atoms with Crippen LogP contribution in [-0.2, 0) is 0 Å². The summed E-state index contributed by atoms with van der Waals surface area (Å²) in [4.78, 5) is 13.2. The molecule has 0 atom stereocenters. The first-order valence-electron chi connectivity index (χ1n) is 4.75. The van der Waals surface area contributed by atoms with Crippen LogP contribution >= 0.6 is 0 Å². The Hall–Kier alpha value is -1.03. The summed E-state index contributed by atoms with van der Waals surface area (Å²) in [6.07, 6.45) is 4.59. The molecule has 2 N–H and O–H groups in total. The number of hydrogen-bond acceptors (Lipinski definition) is 2. The average Bonchev–Trinajstić information content (AvgIpc) is 2.19. The SMILES string of the molecule is CC/C=C/NC(=O)N1CCNCC1. The van der Waals surface area contributed by atoms with E-state index < -0.39 is 0 Å². The van der Waals surface area contributed by atoms with Gasteiger partial charge in [-0.15, -0.1) is 0 Å². The van der Waals surface area contributed by atoms with Gasteiger partial charge < -0.3 is 15.5 Å². The Bertz CT molecular complexity index is 185. The molecule has 0 saturated carbocycles. The molecule has 0 aromatic carbocycles. The molecule has 0 unspecified atom stereocenters. The molecule has 1 fully saturated rings. The molecule has 1 heterocycles. The molecule has 0 aromatic rings. The van der Waals surface area contributed by atoms with Gasteiger partial charge in [0.2, 0.25) is 0 Å². The van der Waals surface area contributed by atoms with Gasteiger partial charge in [0, 0.05) is 32.4 Å². The number of piperazine rings is 1. The van der Waals surface area contributed by atoms with Crippen LogP contribution in [-0.4, -0.2) is 37.1 Å². The van der Waals surface area contributed by atoms with Crippen molar-refractivity contribution in [1.29, 1.82) is 0 Å². The highest BCUT2D eigenvalue weighted by molar-refractivity contribution is 5.75. The molecule has 4 nitrogen and oxygen atoms in total. The zero-order valence-electron chi connectivity index (χ0n) is 8.05. The molecule has 1 rings (SSSR count). The quantitative estimate of drug-likeness (QED) is 0.655. The summed E-state index contributed by atoms with van der Waals surface area (Å²) in [5.41, 5.74) is 0. The lowest BCUT2D eigenvalue weighted by Gasteiger charge is -2.26. The van der Waals surface area contributed by atoms with Gasteiger partial charge in [0.1, 0.15) is 0 Å². The normalized spacial score (nSPS) is 17.8. The highest BCUT2D eigenvalue weighted by Gasteiger charge is 2.13. The number of hydrogen-bond donors (Lipinski definition) is 2. The van der Waals surface area contributed by atoms with E-state index in [9.17, 15) is 4.79 Å². The fourth-order valence-electron chi connectivity index (χ4n) is 1.21. The van der Waals surface area contributed by atoms with Crippen LogP contribution in [0.2, 0.25) is 0 Å². The minimum Gasteiger partial charge on any atom is -0.322 e. The van der Waals surface area contributed by atoms with E-state index in [2.05, 4.69) is 10.6 Å². The van der Waals surface area contributed by atoms with E-state index in [0.717, 1.165) is 32.6 Å². The third-order valence-corrected chi connectivity index (χ3v) is 1.96. The van der Waals surface area contributed by atoms with Crippen LogP contribution in [0.3, 0.4) is 0 Å². The fourth-order valence-corrected chi connectivity index (χ4v) is 1.21. The lowest BCUT2D eigenvalue weighted by molar-refractivity contribution is 0.194. The van der Waals surface area contributed by atoms with Crippen molar-refractivity contribution in [2.45, 2.75) is 13.3 Å². The molecule has 4 heteroatoms. The molecule has 0 radical (unpaired) electrons. The van der Waals surface area contributed by atoms with Crippen molar-refractivity contribution in [2.75, 3.05) is 26.2 Å². The Kier molecular flexibility index (Phi) is 4.32. The number of nitrogens with zero attached hydrogens (tertiary/aromatic N) is 1. The number of nitrogens with one attached hydrogen (secondary N) is 2. The van der Waals surface area contributed by atoms with E-state index in [1.807, 2.05) is 17.9 Å². The first kappa shape index (κ1) is 10.1. The molecule has 74 valence electrons. The summed E-state index contributed by atoms with van der Waals surface area (Å²) in [5.74, 6) is 0. The Morgan fingerprint density at radius 3 is 2.85 bits per heavy atom. The zero-order chi connectivity index (χ0) is 9.52. The standard InChI is InChI=1S/C9H17N3O/c1-2-3-4-11-9(13)12-7-5-10-6-8-12/h3-4,10H,2,5-8H2,1H3,(H,11,13)/b4-3+. The predicted molar refractivity (Wildman–Crippen MR) is 52.4 cm³/mol. The van der Waals surface area contributed by atoms with Crippen molar-refractivity contribution in [2.24, 2.45) is 0 Å². The molecule has 0 spiro atoms. The summed E-state index contributed by atoms with van der Waals surface area (Å²) >= 11 is 0. The molecule has 0 bridgehead atoms. The van der Waals surface area contributed by atoms with Crippen LogP contribution in [0, 0.1) is 0 Å². The molecule has 1 aliphatic heterocycles. The summed E-state index contributed by atoms with van der Waals surface area (Å²) in [6, 6.07) is 0.00574. The lowest BCUT2D eigenvalue weighted by Crippen LogP contribution is -2.49. The van der Waals surface area contributed by atoms with Gasteiger partial charge in [-0.3, -0.25) is 0 Å². The van der Waals surface area contributed by atoms with Gasteiger partial charge in [0.25, 0.3) is 0 Å². The molecule has 0 aliphatic carbocycles. The number of carbonyl (C=O) groups excluding carboxylic acids is 1. The molecule has 1 saturated heterocycles. The number of amides is 2. The van der Waals surface area contributed by atoms with E-state index in [1.165, 1.54) is 0 Å². The van der Waals surface area contributed by atoms with Crippen molar-refractivity contribution >= 4 is 6.03 Å². The maximum absolute atomic E-state index is 11.4. The maximum atomic E-state index is 11.4. The highest BCUT2D eigenvalue weighted by Crippen LogP contribution is 1.92. The molecule has 2 amide bonds.